The van der Waals surface area contributed by atoms with Crippen molar-refractivity contribution in [1.82, 2.24) is 10.3 Å². The van der Waals surface area contributed by atoms with Crippen LogP contribution >= 0.6 is 0 Å². The molecule has 6 heavy (non-hydrogen) atoms. The van der Waals surface area contributed by atoms with E-state index in [9.17, 15) is 4.79 Å². The fourth-order valence-corrected chi connectivity index (χ4v) is 0.235. The van der Waals surface area contributed by atoms with Crippen LogP contribution in [0.4, 0.5) is 4.79 Å². The van der Waals surface area contributed by atoms with E-state index in [4.69, 9.17) is 5.84 Å². The van der Waals surface area contributed by atoms with Crippen LogP contribution in [0, 0.1) is 0 Å². The Morgan fingerprint density at radius 2 is 2.50 bits per heavy atom. The summed E-state index contributed by atoms with van der Waals surface area (Å²) in [6.07, 6.45) is 0. The van der Waals surface area contributed by atoms with Gasteiger partial charge in [-0.3, -0.25) is 0 Å². The molecule has 0 bridgehead atoms. The van der Waals surface area contributed by atoms with Gasteiger partial charge in [-0.2, -0.15) is 0 Å². The largest absolute Gasteiger partial charge is 0.334 e. The predicted molar refractivity (Wildman–Crippen MR) is 19.4 cm³/mol. The van der Waals surface area contributed by atoms with Crippen molar-refractivity contribution >= 4 is 6.03 Å². The van der Waals surface area contributed by atoms with Gasteiger partial charge in [-0.1, -0.05) is 0 Å². The number of hydrogen-bond acceptors (Lipinski definition) is 2. The van der Waals surface area contributed by atoms with Crippen molar-refractivity contribution in [3.8, 4) is 0 Å². The molecular weight excluding hydrogens is 82.0 g/mol. The molecule has 4 heteroatoms. The molecule has 1 aliphatic rings. The van der Waals surface area contributed by atoms with Gasteiger partial charge in [-0.05, 0) is 0 Å². The van der Waals surface area contributed by atoms with Crippen molar-refractivity contribution in [2.75, 3.05) is 6.67 Å². The van der Waals surface area contributed by atoms with Gasteiger partial charge in [0.15, 0.2) is 0 Å². The zero-order valence-electron chi connectivity index (χ0n) is 3.14. The van der Waals surface area contributed by atoms with E-state index in [1.807, 2.05) is 0 Å². The summed E-state index contributed by atoms with van der Waals surface area (Å²) in [6.45, 7) is 0.485. The standard InChI is InChI=1S/C2H5N3O/c3-5-1-4-2(5)6/h1,3H2,(H,4,6). The average Bonchev–Trinajstić information content (AvgIpc) is 1.61. The minimum absolute atomic E-state index is 0.199. The number of rotatable bonds is 0. The van der Waals surface area contributed by atoms with E-state index in [0.29, 0.717) is 6.67 Å². The second kappa shape index (κ2) is 0.844. The molecule has 34 valence electrons. The SMILES string of the molecule is NN1CNC1=O. The highest BCUT2D eigenvalue weighted by Gasteiger charge is 2.17. The van der Waals surface area contributed by atoms with Crippen LogP contribution in [0.2, 0.25) is 0 Å². The molecular formula is C2H5N3O. The minimum Gasteiger partial charge on any atom is -0.318 e. The summed E-state index contributed by atoms with van der Waals surface area (Å²) in [7, 11) is 0. The Morgan fingerprint density at radius 1 is 2.00 bits per heavy atom. The van der Waals surface area contributed by atoms with Gasteiger partial charge in [-0.15, -0.1) is 0 Å². The van der Waals surface area contributed by atoms with E-state index < -0.39 is 0 Å². The molecule has 0 atom stereocenters. The number of amides is 2. The van der Waals surface area contributed by atoms with Crippen molar-refractivity contribution < 1.29 is 4.79 Å². The average molecular weight is 87.1 g/mol. The molecule has 1 saturated heterocycles. The van der Waals surface area contributed by atoms with E-state index in [0.717, 1.165) is 5.01 Å². The van der Waals surface area contributed by atoms with Crippen molar-refractivity contribution in [1.29, 1.82) is 0 Å². The summed E-state index contributed by atoms with van der Waals surface area (Å²) in [5, 5.41) is 3.52. The molecule has 0 aromatic rings. The third-order valence-corrected chi connectivity index (χ3v) is 0.661. The lowest BCUT2D eigenvalue weighted by molar-refractivity contribution is 0.157. The number of carbonyl (C=O) groups excluding carboxylic acids is 1. The third-order valence-electron chi connectivity index (χ3n) is 0.661. The highest BCUT2D eigenvalue weighted by molar-refractivity contribution is 5.78. The molecule has 1 aliphatic heterocycles. The lowest BCUT2D eigenvalue weighted by atomic mass is 10.7. The first kappa shape index (κ1) is 3.42. The van der Waals surface area contributed by atoms with Gasteiger partial charge in [0.25, 0.3) is 0 Å². The van der Waals surface area contributed by atoms with Crippen molar-refractivity contribution in [3.05, 3.63) is 0 Å². The normalized spacial score (nSPS) is 19.5. The Morgan fingerprint density at radius 3 is 2.50 bits per heavy atom. The van der Waals surface area contributed by atoms with Crippen LogP contribution in [0.1, 0.15) is 0 Å². The summed E-state index contributed by atoms with van der Waals surface area (Å²) in [6, 6.07) is -0.199. The monoisotopic (exact) mass is 87.0 g/mol. The van der Waals surface area contributed by atoms with E-state index in [1.165, 1.54) is 0 Å². The first-order chi connectivity index (χ1) is 2.80. The Balaban J connectivity index is 2.39. The van der Waals surface area contributed by atoms with Gasteiger partial charge in [-0.25, -0.2) is 15.6 Å². The Labute approximate surface area is 34.9 Å². The molecule has 4 nitrogen and oxygen atoms in total. The van der Waals surface area contributed by atoms with Gasteiger partial charge < -0.3 is 5.32 Å². The Bertz CT molecular complexity index is 80.9. The van der Waals surface area contributed by atoms with E-state index >= 15 is 0 Å². The van der Waals surface area contributed by atoms with Crippen LogP contribution in [0.25, 0.3) is 0 Å². The Hall–Kier alpha value is -0.770. The maximum absolute atomic E-state index is 9.92. The van der Waals surface area contributed by atoms with Crippen molar-refractivity contribution in [2.45, 2.75) is 0 Å². The van der Waals surface area contributed by atoms with E-state index in [2.05, 4.69) is 5.32 Å². The minimum atomic E-state index is -0.199. The third kappa shape index (κ3) is 0.237. The van der Waals surface area contributed by atoms with E-state index in [1.54, 1.807) is 0 Å². The molecule has 0 aliphatic carbocycles. The second-order valence-corrected chi connectivity index (χ2v) is 1.11. The molecule has 1 fully saturated rings. The zero-order valence-corrected chi connectivity index (χ0v) is 3.14. The summed E-state index contributed by atoms with van der Waals surface area (Å²) < 4.78 is 0. The van der Waals surface area contributed by atoms with Crippen LogP contribution in [0.5, 0.6) is 0 Å². The van der Waals surface area contributed by atoms with Crippen LogP contribution < -0.4 is 11.2 Å². The van der Waals surface area contributed by atoms with E-state index in [-0.39, 0.29) is 6.03 Å². The number of hydrazine groups is 1. The lowest BCUT2D eigenvalue weighted by Gasteiger charge is -2.25. The van der Waals surface area contributed by atoms with Gasteiger partial charge in [0.05, 0.1) is 0 Å². The second-order valence-electron chi connectivity index (χ2n) is 1.11. The molecule has 0 saturated carbocycles. The summed E-state index contributed by atoms with van der Waals surface area (Å²) >= 11 is 0. The van der Waals surface area contributed by atoms with Crippen molar-refractivity contribution in [3.63, 3.8) is 0 Å². The van der Waals surface area contributed by atoms with Gasteiger partial charge >= 0.3 is 6.03 Å². The fraction of sp³-hybridized carbons (Fsp3) is 0.500. The molecule has 0 radical (unpaired) electrons. The van der Waals surface area contributed by atoms with Crippen LogP contribution in [0.3, 0.4) is 0 Å². The molecule has 3 N–H and O–H groups in total. The predicted octanol–water partition coefficient (Wildman–Crippen LogP) is -1.16. The van der Waals surface area contributed by atoms with Crippen molar-refractivity contribution in [2.24, 2.45) is 5.84 Å². The number of nitrogens with zero attached hydrogens (tertiary/aromatic N) is 1. The quantitative estimate of drug-likeness (QED) is 0.289. The molecule has 0 aromatic carbocycles. The highest BCUT2D eigenvalue weighted by atomic mass is 16.2. The molecule has 0 spiro atoms. The number of urea groups is 1. The summed E-state index contributed by atoms with van der Waals surface area (Å²) in [5.41, 5.74) is 0. The van der Waals surface area contributed by atoms with Gasteiger partial charge in [0, 0.05) is 0 Å². The number of nitrogens with one attached hydrogen (secondary N) is 1. The zero-order chi connectivity index (χ0) is 4.57. The number of hydrogen-bond donors (Lipinski definition) is 2. The Kier molecular flexibility index (Phi) is 0.481. The van der Waals surface area contributed by atoms with Crippen LogP contribution in [-0.2, 0) is 0 Å². The molecule has 0 unspecified atom stereocenters. The van der Waals surface area contributed by atoms with Gasteiger partial charge in [0.2, 0.25) is 0 Å². The summed E-state index contributed by atoms with van der Waals surface area (Å²) in [5.74, 6) is 4.94. The topological polar surface area (TPSA) is 58.4 Å². The number of carbonyl (C=O) groups is 1. The molecule has 1 heterocycles. The summed E-state index contributed by atoms with van der Waals surface area (Å²) in [4.78, 5) is 9.92. The highest BCUT2D eigenvalue weighted by Crippen LogP contribution is 1.84. The molecule has 0 aromatic heterocycles. The fourth-order valence-electron chi connectivity index (χ4n) is 0.235. The first-order valence-corrected chi connectivity index (χ1v) is 1.61. The lowest BCUT2D eigenvalue weighted by Crippen LogP contribution is -2.60. The molecule has 1 rings (SSSR count). The van der Waals surface area contributed by atoms with Crippen LogP contribution in [0.15, 0.2) is 0 Å². The number of nitrogens with two attached hydrogens (primary N) is 1. The molecule has 2 amide bonds. The first-order valence-electron chi connectivity index (χ1n) is 1.61. The maximum Gasteiger partial charge on any atom is 0.334 e. The van der Waals surface area contributed by atoms with Crippen LogP contribution in [-0.4, -0.2) is 17.7 Å². The maximum atomic E-state index is 9.92. The van der Waals surface area contributed by atoms with Gasteiger partial charge in [0.1, 0.15) is 6.67 Å². The smallest absolute Gasteiger partial charge is 0.318 e.